The minimum atomic E-state index is -0.435. The van der Waals surface area contributed by atoms with Crippen LogP contribution in [-0.2, 0) is 14.3 Å². The average Bonchev–Trinajstić information content (AvgIpc) is 3.48. The summed E-state index contributed by atoms with van der Waals surface area (Å²) in [5, 5.41) is 19.3. The number of rotatable bonds is 5. The molecule has 4 N–H and O–H groups in total. The van der Waals surface area contributed by atoms with Crippen LogP contribution in [-0.4, -0.2) is 51.3 Å². The highest BCUT2D eigenvalue weighted by atomic mass is 16.5. The maximum absolute atomic E-state index is 12.7. The number of nitrogens with one attached hydrogen (secondary N) is 3. The number of aromatic amines is 1. The summed E-state index contributed by atoms with van der Waals surface area (Å²) in [4.78, 5) is 37.7. The molecule has 2 aromatic carbocycles. The lowest BCUT2D eigenvalue weighted by atomic mass is 10.1. The highest BCUT2D eigenvalue weighted by molar-refractivity contribution is 6.05. The Labute approximate surface area is 190 Å². The molecule has 1 aliphatic heterocycles. The molecule has 0 bridgehead atoms. The first-order valence-electron chi connectivity index (χ1n) is 10.3. The van der Waals surface area contributed by atoms with Gasteiger partial charge in [-0.2, -0.15) is 4.98 Å². The van der Waals surface area contributed by atoms with Crippen LogP contribution in [0.5, 0.6) is 0 Å². The number of aromatic nitrogens is 3. The van der Waals surface area contributed by atoms with E-state index in [0.29, 0.717) is 30.1 Å². The number of aryl methyl sites for hydroxylation is 2. The first kappa shape index (κ1) is 23.6. The fourth-order valence-corrected chi connectivity index (χ4v) is 3.31. The number of amides is 2. The van der Waals surface area contributed by atoms with Crippen LogP contribution in [0.4, 0.5) is 11.6 Å². The Morgan fingerprint density at radius 1 is 1.18 bits per heavy atom. The molecule has 4 rings (SSSR count). The van der Waals surface area contributed by atoms with Crippen molar-refractivity contribution in [3.8, 4) is 11.4 Å². The van der Waals surface area contributed by atoms with E-state index in [9.17, 15) is 9.59 Å². The molecule has 0 saturated carbocycles. The van der Waals surface area contributed by atoms with Crippen molar-refractivity contribution in [2.45, 2.75) is 32.8 Å². The molecular weight excluding hydrogens is 426 g/mol. The number of hydrogen-bond acceptors (Lipinski definition) is 6. The number of benzene rings is 2. The zero-order valence-electron chi connectivity index (χ0n) is 18.3. The predicted molar refractivity (Wildman–Crippen MR) is 122 cm³/mol. The van der Waals surface area contributed by atoms with Gasteiger partial charge in [0, 0.05) is 23.4 Å². The van der Waals surface area contributed by atoms with Gasteiger partial charge in [0.25, 0.3) is 18.3 Å². The highest BCUT2D eigenvalue weighted by Crippen LogP contribution is 2.21. The van der Waals surface area contributed by atoms with Gasteiger partial charge >= 0.3 is 0 Å². The Kier molecular flexibility index (Phi) is 7.87. The van der Waals surface area contributed by atoms with Crippen LogP contribution in [0.3, 0.4) is 0 Å². The van der Waals surface area contributed by atoms with Crippen molar-refractivity contribution in [3.05, 3.63) is 59.2 Å². The van der Waals surface area contributed by atoms with Crippen LogP contribution in [0.1, 0.15) is 34.3 Å². The van der Waals surface area contributed by atoms with Gasteiger partial charge in [-0.05, 0) is 50.5 Å². The molecule has 1 unspecified atom stereocenters. The lowest BCUT2D eigenvalue weighted by Crippen LogP contribution is -2.27. The Bertz CT molecular complexity index is 1140. The molecule has 10 nitrogen and oxygen atoms in total. The molecule has 0 radical (unpaired) electrons. The Morgan fingerprint density at radius 3 is 2.67 bits per heavy atom. The monoisotopic (exact) mass is 451 g/mol. The Balaban J connectivity index is 0.000000968. The second-order valence-corrected chi connectivity index (χ2v) is 7.46. The number of nitrogens with zero attached hydrogens (tertiary/aromatic N) is 2. The van der Waals surface area contributed by atoms with E-state index in [1.807, 2.05) is 38.1 Å². The lowest BCUT2D eigenvalue weighted by molar-refractivity contribution is -0.125. The van der Waals surface area contributed by atoms with E-state index in [1.54, 1.807) is 18.2 Å². The standard InChI is InChI=1S/C22H23N5O3.CH2O2/c1-13-5-3-6-15(11-13)19-24-22(27-26-19)25-20(28)16-9-8-14(2)17(12-16)23-21(29)18-7-4-10-30-18;2-1-3/h3,5-6,8-9,11-12,18H,4,7,10H2,1-2H3,(H,23,29)(H2,24,25,26,27,28);1H,(H,2,3). The van der Waals surface area contributed by atoms with Gasteiger partial charge in [0.05, 0.1) is 0 Å². The van der Waals surface area contributed by atoms with Gasteiger partial charge in [-0.15, -0.1) is 5.10 Å². The van der Waals surface area contributed by atoms with Gasteiger partial charge in [-0.25, -0.2) is 0 Å². The maximum atomic E-state index is 12.7. The van der Waals surface area contributed by atoms with Gasteiger partial charge in [-0.1, -0.05) is 29.8 Å². The molecule has 33 heavy (non-hydrogen) atoms. The minimum absolute atomic E-state index is 0.182. The Morgan fingerprint density at radius 2 is 1.97 bits per heavy atom. The third kappa shape index (κ3) is 6.23. The summed E-state index contributed by atoms with van der Waals surface area (Å²) >= 11 is 0. The summed E-state index contributed by atoms with van der Waals surface area (Å²) in [6.45, 7) is 4.21. The van der Waals surface area contributed by atoms with Crippen molar-refractivity contribution < 1.29 is 24.2 Å². The van der Waals surface area contributed by atoms with Gasteiger partial charge < -0.3 is 15.2 Å². The second-order valence-electron chi connectivity index (χ2n) is 7.46. The van der Waals surface area contributed by atoms with Gasteiger partial charge in [0.2, 0.25) is 5.95 Å². The summed E-state index contributed by atoms with van der Waals surface area (Å²) < 4.78 is 5.42. The van der Waals surface area contributed by atoms with Crippen LogP contribution >= 0.6 is 0 Å². The van der Waals surface area contributed by atoms with E-state index < -0.39 is 6.10 Å². The minimum Gasteiger partial charge on any atom is -0.483 e. The zero-order chi connectivity index (χ0) is 23.8. The largest absolute Gasteiger partial charge is 0.483 e. The molecule has 172 valence electrons. The van der Waals surface area contributed by atoms with E-state index in [2.05, 4.69) is 25.8 Å². The summed E-state index contributed by atoms with van der Waals surface area (Å²) in [6, 6.07) is 13.0. The average molecular weight is 451 g/mol. The fourth-order valence-electron chi connectivity index (χ4n) is 3.31. The number of anilines is 2. The van der Waals surface area contributed by atoms with Crippen molar-refractivity contribution in [2.75, 3.05) is 17.2 Å². The summed E-state index contributed by atoms with van der Waals surface area (Å²) in [5.41, 5.74) is 3.82. The topological polar surface area (TPSA) is 146 Å². The smallest absolute Gasteiger partial charge is 0.290 e. The fraction of sp³-hybridized carbons (Fsp3) is 0.261. The molecule has 1 aliphatic rings. The SMILES string of the molecule is Cc1cccc(-c2nc(NC(=O)c3ccc(C)c(NC(=O)C4CCCO4)c3)n[nH]2)c1.O=CO. The van der Waals surface area contributed by atoms with Crippen molar-refractivity contribution in [3.63, 3.8) is 0 Å². The van der Waals surface area contributed by atoms with Crippen molar-refractivity contribution in [1.82, 2.24) is 15.2 Å². The van der Waals surface area contributed by atoms with E-state index in [4.69, 9.17) is 14.6 Å². The predicted octanol–water partition coefficient (Wildman–Crippen LogP) is 3.16. The Hall–Kier alpha value is -4.05. The normalized spacial score (nSPS) is 14.7. The molecular formula is C23H25N5O5. The van der Waals surface area contributed by atoms with E-state index in [0.717, 1.165) is 23.1 Å². The number of hydrogen-bond donors (Lipinski definition) is 4. The van der Waals surface area contributed by atoms with Crippen molar-refractivity contribution in [1.29, 1.82) is 0 Å². The highest BCUT2D eigenvalue weighted by Gasteiger charge is 2.24. The van der Waals surface area contributed by atoms with Crippen LogP contribution in [0.15, 0.2) is 42.5 Å². The van der Waals surface area contributed by atoms with Gasteiger partial charge in [-0.3, -0.25) is 24.8 Å². The van der Waals surface area contributed by atoms with Crippen LogP contribution < -0.4 is 10.6 Å². The van der Waals surface area contributed by atoms with Crippen LogP contribution in [0.25, 0.3) is 11.4 Å². The second kappa shape index (κ2) is 11.0. The van der Waals surface area contributed by atoms with E-state index >= 15 is 0 Å². The van der Waals surface area contributed by atoms with E-state index in [1.165, 1.54) is 0 Å². The van der Waals surface area contributed by atoms with Crippen molar-refractivity contribution >= 4 is 29.9 Å². The molecule has 1 aromatic heterocycles. The van der Waals surface area contributed by atoms with Crippen LogP contribution in [0.2, 0.25) is 0 Å². The molecule has 1 atom stereocenters. The molecule has 0 aliphatic carbocycles. The number of carboxylic acid groups (broad SMARTS) is 1. The van der Waals surface area contributed by atoms with Gasteiger partial charge in [0.1, 0.15) is 6.10 Å². The first-order chi connectivity index (χ1) is 15.9. The third-order valence-electron chi connectivity index (χ3n) is 4.98. The maximum Gasteiger partial charge on any atom is 0.290 e. The first-order valence-corrected chi connectivity index (χ1v) is 10.3. The van der Waals surface area contributed by atoms with Gasteiger partial charge in [0.15, 0.2) is 5.82 Å². The third-order valence-corrected chi connectivity index (χ3v) is 4.98. The van der Waals surface area contributed by atoms with Crippen LogP contribution in [0, 0.1) is 13.8 Å². The number of H-pyrrole nitrogens is 1. The van der Waals surface area contributed by atoms with Crippen molar-refractivity contribution in [2.24, 2.45) is 0 Å². The molecule has 1 fully saturated rings. The lowest BCUT2D eigenvalue weighted by Gasteiger charge is -2.13. The molecule has 1 saturated heterocycles. The molecule has 0 spiro atoms. The molecule has 3 aromatic rings. The quantitative estimate of drug-likeness (QED) is 0.436. The molecule has 2 heterocycles. The number of carbonyl (C=O) groups excluding carboxylic acids is 2. The van der Waals surface area contributed by atoms with E-state index in [-0.39, 0.29) is 24.2 Å². The number of ether oxygens (including phenoxy) is 1. The summed E-state index contributed by atoms with van der Waals surface area (Å²) in [6.07, 6.45) is 1.15. The summed E-state index contributed by atoms with van der Waals surface area (Å²) in [5.74, 6) is 0.201. The summed E-state index contributed by atoms with van der Waals surface area (Å²) in [7, 11) is 0. The molecule has 10 heteroatoms. The number of carbonyl (C=O) groups is 3. The molecule has 2 amide bonds. The zero-order valence-corrected chi connectivity index (χ0v) is 18.3.